The van der Waals surface area contributed by atoms with Gasteiger partial charge < -0.3 is 4.74 Å². The number of nitrogens with zero attached hydrogens (tertiary/aromatic N) is 1. The minimum Gasteiger partial charge on any atom is -0.488 e. The second-order valence-electron chi connectivity index (χ2n) is 6.87. The molecule has 3 aromatic rings. The highest BCUT2D eigenvalue weighted by molar-refractivity contribution is 9.10. The Morgan fingerprint density at radius 2 is 1.73 bits per heavy atom. The normalized spacial score (nSPS) is 14.9. The zero-order valence-electron chi connectivity index (χ0n) is 16.3. The number of aryl methyl sites for hydroxylation is 1. The Morgan fingerprint density at radius 1 is 1.00 bits per heavy atom. The van der Waals surface area contributed by atoms with Gasteiger partial charge in [-0.2, -0.15) is 0 Å². The summed E-state index contributed by atoms with van der Waals surface area (Å²) in [6.45, 7) is 2.42. The summed E-state index contributed by atoms with van der Waals surface area (Å²) >= 11 is 3.45. The van der Waals surface area contributed by atoms with Crippen LogP contribution in [-0.4, -0.2) is 11.8 Å². The standard InChI is InChI=1S/C24H19BrN2O3/c1-16-7-5-6-8-17(16)15-30-22-12-11-19(25)13-18(22)14-21-23(28)26-27(24(21)29)20-9-3-2-4-10-20/h2-14H,15H2,1H3,(H,26,28). The molecule has 0 unspecified atom stereocenters. The number of halogens is 1. The monoisotopic (exact) mass is 462 g/mol. The van der Waals surface area contributed by atoms with Crippen LogP contribution in [0, 0.1) is 6.92 Å². The first-order valence-corrected chi connectivity index (χ1v) is 10.2. The van der Waals surface area contributed by atoms with E-state index in [0.717, 1.165) is 15.6 Å². The van der Waals surface area contributed by atoms with E-state index in [0.29, 0.717) is 23.6 Å². The van der Waals surface area contributed by atoms with Gasteiger partial charge in [0.15, 0.2) is 0 Å². The van der Waals surface area contributed by atoms with Crippen molar-refractivity contribution in [2.45, 2.75) is 13.5 Å². The van der Waals surface area contributed by atoms with E-state index in [1.807, 2.05) is 67.6 Å². The van der Waals surface area contributed by atoms with E-state index < -0.39 is 11.8 Å². The summed E-state index contributed by atoms with van der Waals surface area (Å²) in [6, 6.07) is 22.5. The van der Waals surface area contributed by atoms with Gasteiger partial charge in [-0.15, -0.1) is 0 Å². The molecule has 150 valence electrons. The number of anilines is 1. The van der Waals surface area contributed by atoms with E-state index in [1.165, 1.54) is 5.01 Å². The first kappa shape index (κ1) is 19.9. The van der Waals surface area contributed by atoms with Crippen LogP contribution in [0.3, 0.4) is 0 Å². The van der Waals surface area contributed by atoms with Gasteiger partial charge in [-0.05, 0) is 54.5 Å². The smallest absolute Gasteiger partial charge is 0.282 e. The second-order valence-corrected chi connectivity index (χ2v) is 7.79. The van der Waals surface area contributed by atoms with Crippen LogP contribution in [0.25, 0.3) is 6.08 Å². The fraction of sp³-hybridized carbons (Fsp3) is 0.0833. The van der Waals surface area contributed by atoms with Crippen LogP contribution in [0.15, 0.2) is 82.8 Å². The maximum Gasteiger partial charge on any atom is 0.282 e. The van der Waals surface area contributed by atoms with Crippen molar-refractivity contribution in [3.05, 3.63) is 99.5 Å². The van der Waals surface area contributed by atoms with Crippen molar-refractivity contribution in [3.63, 3.8) is 0 Å². The number of amides is 2. The van der Waals surface area contributed by atoms with E-state index in [9.17, 15) is 9.59 Å². The molecule has 0 atom stereocenters. The molecule has 1 fully saturated rings. The van der Waals surface area contributed by atoms with Crippen LogP contribution in [-0.2, 0) is 16.2 Å². The van der Waals surface area contributed by atoms with Crippen molar-refractivity contribution in [1.82, 2.24) is 5.43 Å². The van der Waals surface area contributed by atoms with Crippen LogP contribution >= 0.6 is 15.9 Å². The van der Waals surface area contributed by atoms with Crippen molar-refractivity contribution in [2.24, 2.45) is 0 Å². The average Bonchev–Trinajstić information content (AvgIpc) is 3.03. The fourth-order valence-corrected chi connectivity index (χ4v) is 3.54. The number of hydrazine groups is 1. The summed E-state index contributed by atoms with van der Waals surface area (Å²) in [5, 5.41) is 1.25. The predicted octanol–water partition coefficient (Wildman–Crippen LogP) is 4.80. The highest BCUT2D eigenvalue weighted by atomic mass is 79.9. The molecule has 4 rings (SSSR count). The molecule has 1 heterocycles. The number of para-hydroxylation sites is 1. The molecule has 30 heavy (non-hydrogen) atoms. The van der Waals surface area contributed by atoms with E-state index in [1.54, 1.807) is 18.2 Å². The molecule has 2 amide bonds. The maximum atomic E-state index is 12.9. The second kappa shape index (κ2) is 8.55. The third kappa shape index (κ3) is 4.14. The fourth-order valence-electron chi connectivity index (χ4n) is 3.16. The number of nitrogens with one attached hydrogen (secondary N) is 1. The van der Waals surface area contributed by atoms with Crippen molar-refractivity contribution >= 4 is 39.5 Å². The maximum absolute atomic E-state index is 12.9. The van der Waals surface area contributed by atoms with E-state index in [-0.39, 0.29) is 5.57 Å². The van der Waals surface area contributed by atoms with Gasteiger partial charge in [0.25, 0.3) is 11.8 Å². The molecule has 1 aliphatic heterocycles. The quantitative estimate of drug-likeness (QED) is 0.437. The first-order valence-electron chi connectivity index (χ1n) is 9.42. The highest BCUT2D eigenvalue weighted by Gasteiger charge is 2.34. The van der Waals surface area contributed by atoms with Crippen LogP contribution in [0.5, 0.6) is 5.75 Å². The Bertz CT molecular complexity index is 1140. The lowest BCUT2D eigenvalue weighted by Gasteiger charge is -2.14. The molecule has 0 bridgehead atoms. The summed E-state index contributed by atoms with van der Waals surface area (Å²) in [5.74, 6) is -0.266. The van der Waals surface area contributed by atoms with Gasteiger partial charge in [-0.3, -0.25) is 15.0 Å². The van der Waals surface area contributed by atoms with Gasteiger partial charge in [0.1, 0.15) is 17.9 Å². The van der Waals surface area contributed by atoms with Crippen molar-refractivity contribution < 1.29 is 14.3 Å². The minimum absolute atomic E-state index is 0.0534. The Morgan fingerprint density at radius 3 is 2.50 bits per heavy atom. The lowest BCUT2D eigenvalue weighted by Crippen LogP contribution is -2.35. The Hall–Kier alpha value is -3.38. The zero-order valence-corrected chi connectivity index (χ0v) is 17.8. The molecule has 1 aliphatic rings. The molecule has 6 heteroatoms. The lowest BCUT2D eigenvalue weighted by molar-refractivity contribution is -0.117. The van der Waals surface area contributed by atoms with E-state index in [2.05, 4.69) is 21.4 Å². The minimum atomic E-state index is -0.450. The van der Waals surface area contributed by atoms with Crippen molar-refractivity contribution in [2.75, 3.05) is 5.01 Å². The zero-order chi connectivity index (χ0) is 21.1. The molecule has 1 saturated heterocycles. The number of ether oxygens (including phenoxy) is 1. The topological polar surface area (TPSA) is 58.6 Å². The Labute approximate surface area is 183 Å². The summed E-state index contributed by atoms with van der Waals surface area (Å²) in [4.78, 5) is 25.4. The summed E-state index contributed by atoms with van der Waals surface area (Å²) in [6.07, 6.45) is 1.57. The van der Waals surface area contributed by atoms with Gasteiger partial charge in [-0.25, -0.2) is 5.01 Å². The van der Waals surface area contributed by atoms with Gasteiger partial charge in [0, 0.05) is 10.0 Å². The van der Waals surface area contributed by atoms with Gasteiger partial charge in [0.2, 0.25) is 0 Å². The van der Waals surface area contributed by atoms with Crippen LogP contribution in [0.4, 0.5) is 5.69 Å². The van der Waals surface area contributed by atoms with E-state index in [4.69, 9.17) is 4.74 Å². The number of carbonyl (C=O) groups excluding carboxylic acids is 2. The molecule has 0 aromatic heterocycles. The Kier molecular flexibility index (Phi) is 5.68. The molecule has 3 aromatic carbocycles. The summed E-state index contributed by atoms with van der Waals surface area (Å²) in [7, 11) is 0. The molecule has 5 nitrogen and oxygen atoms in total. The third-order valence-corrected chi connectivity index (χ3v) is 5.32. The number of carbonyl (C=O) groups is 2. The molecule has 0 radical (unpaired) electrons. The average molecular weight is 463 g/mol. The SMILES string of the molecule is Cc1ccccc1COc1ccc(Br)cc1C=C1C(=O)NN(c2ccccc2)C1=O. The van der Waals surface area contributed by atoms with E-state index >= 15 is 0 Å². The van der Waals surface area contributed by atoms with Crippen molar-refractivity contribution in [3.8, 4) is 5.75 Å². The molecule has 0 spiro atoms. The summed E-state index contributed by atoms with van der Waals surface area (Å²) < 4.78 is 6.85. The van der Waals surface area contributed by atoms with Crippen LogP contribution in [0.1, 0.15) is 16.7 Å². The number of rotatable bonds is 5. The lowest BCUT2D eigenvalue weighted by atomic mass is 10.1. The third-order valence-electron chi connectivity index (χ3n) is 4.82. The Balaban J connectivity index is 1.63. The number of benzene rings is 3. The highest BCUT2D eigenvalue weighted by Crippen LogP contribution is 2.29. The van der Waals surface area contributed by atoms with Crippen molar-refractivity contribution in [1.29, 1.82) is 0 Å². The van der Waals surface area contributed by atoms with Crippen LogP contribution < -0.4 is 15.2 Å². The van der Waals surface area contributed by atoms with Crippen LogP contribution in [0.2, 0.25) is 0 Å². The van der Waals surface area contributed by atoms with Gasteiger partial charge in [-0.1, -0.05) is 58.4 Å². The first-order chi connectivity index (χ1) is 14.5. The number of hydrogen-bond acceptors (Lipinski definition) is 3. The largest absolute Gasteiger partial charge is 0.488 e. The predicted molar refractivity (Wildman–Crippen MR) is 120 cm³/mol. The number of hydrogen-bond donors (Lipinski definition) is 1. The molecule has 0 saturated carbocycles. The van der Waals surface area contributed by atoms with Gasteiger partial charge >= 0.3 is 0 Å². The van der Waals surface area contributed by atoms with Gasteiger partial charge in [0.05, 0.1) is 5.69 Å². The molecular weight excluding hydrogens is 444 g/mol. The summed E-state index contributed by atoms with van der Waals surface area (Å²) in [5.41, 5.74) is 6.12. The molecule has 0 aliphatic carbocycles. The molecular formula is C24H19BrN2O3. The molecule has 1 N–H and O–H groups in total.